The minimum Gasteiger partial charge on any atom is -0.381 e. The molecule has 0 atom stereocenters. The van der Waals surface area contributed by atoms with Crippen molar-refractivity contribution in [2.45, 2.75) is 0 Å². The normalized spacial score (nSPS) is 14.0. The minimum absolute atomic E-state index is 0. The van der Waals surface area contributed by atoms with Crippen LogP contribution in [0.15, 0.2) is 37.2 Å². The predicted molar refractivity (Wildman–Crippen MR) is 64.5 cm³/mol. The predicted octanol–water partition coefficient (Wildman–Crippen LogP) is 0.125. The standard InChI is InChI=1S/C10H10BN6.Ir/c1-3-14-9(7-12-1)16-5-6-17(11-16)10-8-13-2-4-15-10;/h1-4,7-8H,5-6H2;. The zero-order valence-corrected chi connectivity index (χ0v) is 11.9. The average Bonchev–Trinajstić information content (AvgIpc) is 2.90. The van der Waals surface area contributed by atoms with Gasteiger partial charge in [-0.15, -0.1) is 0 Å². The fraction of sp³-hybridized carbons (Fsp3) is 0.200. The summed E-state index contributed by atoms with van der Waals surface area (Å²) in [4.78, 5) is 20.7. The molecule has 2 aromatic heterocycles. The maximum Gasteiger partial charge on any atom is 0.394 e. The Kier molecular flexibility index (Phi) is 4.22. The molecule has 0 aliphatic carbocycles. The number of hydrogen-bond acceptors (Lipinski definition) is 6. The van der Waals surface area contributed by atoms with Crippen molar-refractivity contribution >= 4 is 19.2 Å². The molecule has 0 amide bonds. The van der Waals surface area contributed by atoms with E-state index in [1.165, 1.54) is 0 Å². The molecule has 1 saturated heterocycles. The van der Waals surface area contributed by atoms with Crippen LogP contribution < -0.4 is 9.62 Å². The third-order valence-corrected chi connectivity index (χ3v) is 2.55. The molecule has 2 aromatic rings. The summed E-state index contributed by atoms with van der Waals surface area (Å²) >= 11 is 0. The van der Waals surface area contributed by atoms with Crippen LogP contribution >= 0.6 is 0 Å². The summed E-state index contributed by atoms with van der Waals surface area (Å²) in [6, 6.07) is 0. The second kappa shape index (κ2) is 5.88. The quantitative estimate of drug-likeness (QED) is 0.648. The van der Waals surface area contributed by atoms with Gasteiger partial charge in [-0.1, -0.05) is 0 Å². The first kappa shape index (κ1) is 12.9. The Morgan fingerprint density at radius 1 is 0.833 bits per heavy atom. The molecule has 0 N–H and O–H groups in total. The zero-order valence-electron chi connectivity index (χ0n) is 9.47. The SMILES string of the molecule is [B]1N(c2cnccn2)CCN1c1cnccn1.[Ir]. The third-order valence-electron chi connectivity index (χ3n) is 2.55. The molecule has 0 bridgehead atoms. The minimum atomic E-state index is 0. The van der Waals surface area contributed by atoms with Crippen molar-refractivity contribution in [2.24, 2.45) is 0 Å². The summed E-state index contributed by atoms with van der Waals surface area (Å²) in [5, 5.41) is 0. The van der Waals surface area contributed by atoms with Crippen LogP contribution in [0.4, 0.5) is 11.6 Å². The number of aromatic nitrogens is 4. The molecule has 3 heterocycles. The van der Waals surface area contributed by atoms with Gasteiger partial charge < -0.3 is 9.62 Å². The molecule has 2 radical (unpaired) electrons. The average molecular weight is 417 g/mol. The van der Waals surface area contributed by atoms with Crippen LogP contribution in [-0.4, -0.2) is 40.6 Å². The molecule has 1 aliphatic rings. The van der Waals surface area contributed by atoms with Crippen LogP contribution in [0.25, 0.3) is 0 Å². The molecule has 0 aromatic carbocycles. The molecule has 6 nitrogen and oxygen atoms in total. The second-order valence-corrected chi connectivity index (χ2v) is 3.63. The van der Waals surface area contributed by atoms with Crippen molar-refractivity contribution in [3.8, 4) is 0 Å². The van der Waals surface area contributed by atoms with E-state index in [-0.39, 0.29) is 20.1 Å². The van der Waals surface area contributed by atoms with Crippen LogP contribution in [0.1, 0.15) is 0 Å². The van der Waals surface area contributed by atoms with Crippen molar-refractivity contribution in [2.75, 3.05) is 22.7 Å². The van der Waals surface area contributed by atoms with Crippen molar-refractivity contribution in [1.82, 2.24) is 19.9 Å². The molecule has 0 saturated carbocycles. The van der Waals surface area contributed by atoms with E-state index >= 15 is 0 Å². The summed E-state index contributed by atoms with van der Waals surface area (Å²) in [7, 11) is 1.98. The molecule has 0 unspecified atom stereocenters. The Balaban J connectivity index is 0.00000120. The van der Waals surface area contributed by atoms with Gasteiger partial charge in [0.05, 0.1) is 12.4 Å². The smallest absolute Gasteiger partial charge is 0.381 e. The van der Waals surface area contributed by atoms with Crippen LogP contribution in [0.5, 0.6) is 0 Å². The number of nitrogens with zero attached hydrogens (tertiary/aromatic N) is 6. The van der Waals surface area contributed by atoms with Crippen molar-refractivity contribution < 1.29 is 20.1 Å². The fourth-order valence-electron chi connectivity index (χ4n) is 1.73. The number of hydrogen-bond donors (Lipinski definition) is 0. The van der Waals surface area contributed by atoms with E-state index in [0.717, 1.165) is 24.7 Å². The first-order chi connectivity index (χ1) is 8.43. The summed E-state index contributed by atoms with van der Waals surface area (Å²) in [6.07, 6.45) is 10.2. The summed E-state index contributed by atoms with van der Waals surface area (Å²) < 4.78 is 0. The van der Waals surface area contributed by atoms with E-state index in [4.69, 9.17) is 0 Å². The third kappa shape index (κ3) is 2.65. The van der Waals surface area contributed by atoms with Gasteiger partial charge in [-0.3, -0.25) is 9.97 Å². The largest absolute Gasteiger partial charge is 0.394 e. The van der Waals surface area contributed by atoms with Crippen LogP contribution in [0.3, 0.4) is 0 Å². The Bertz CT molecular complexity index is 439. The Labute approximate surface area is 119 Å². The molecule has 1 fully saturated rings. The summed E-state index contributed by atoms with van der Waals surface area (Å²) in [5.74, 6) is 1.69. The van der Waals surface area contributed by atoms with E-state index < -0.39 is 0 Å². The number of rotatable bonds is 2. The van der Waals surface area contributed by atoms with Crippen LogP contribution in [0, 0.1) is 0 Å². The zero-order chi connectivity index (χ0) is 11.5. The Hall–Kier alpha value is -1.53. The Morgan fingerprint density at radius 2 is 1.33 bits per heavy atom. The molecular weight excluding hydrogens is 407 g/mol. The van der Waals surface area contributed by atoms with Gasteiger partial charge >= 0.3 is 7.55 Å². The monoisotopic (exact) mass is 418 g/mol. The molecule has 3 rings (SSSR count). The van der Waals surface area contributed by atoms with Gasteiger partial charge in [0, 0.05) is 58.0 Å². The molecular formula is C10H10BIrN6. The maximum atomic E-state index is 4.26. The maximum absolute atomic E-state index is 4.26. The topological polar surface area (TPSA) is 58.0 Å². The van der Waals surface area contributed by atoms with E-state index in [2.05, 4.69) is 19.9 Å². The summed E-state index contributed by atoms with van der Waals surface area (Å²) in [6.45, 7) is 1.74. The van der Waals surface area contributed by atoms with Gasteiger partial charge in [-0.2, -0.15) is 0 Å². The van der Waals surface area contributed by atoms with E-state index in [1.807, 2.05) is 17.2 Å². The van der Waals surface area contributed by atoms with Crippen molar-refractivity contribution in [1.29, 1.82) is 0 Å². The number of anilines is 2. The van der Waals surface area contributed by atoms with Gasteiger partial charge in [-0.05, 0) is 0 Å². The first-order valence-electron chi connectivity index (χ1n) is 5.34. The van der Waals surface area contributed by atoms with Crippen molar-refractivity contribution in [3.05, 3.63) is 37.2 Å². The van der Waals surface area contributed by atoms with Crippen molar-refractivity contribution in [3.63, 3.8) is 0 Å². The van der Waals surface area contributed by atoms with Gasteiger partial charge in [-0.25, -0.2) is 9.97 Å². The molecule has 8 heteroatoms. The second-order valence-electron chi connectivity index (χ2n) is 3.63. The Morgan fingerprint density at radius 3 is 1.72 bits per heavy atom. The molecule has 92 valence electrons. The van der Waals surface area contributed by atoms with Gasteiger partial charge in [0.15, 0.2) is 0 Å². The molecule has 0 spiro atoms. The van der Waals surface area contributed by atoms with Crippen LogP contribution in [0.2, 0.25) is 0 Å². The van der Waals surface area contributed by atoms with Gasteiger partial charge in [0.25, 0.3) is 0 Å². The van der Waals surface area contributed by atoms with E-state index in [9.17, 15) is 0 Å². The van der Waals surface area contributed by atoms with Gasteiger partial charge in [0.2, 0.25) is 0 Å². The summed E-state index contributed by atoms with van der Waals surface area (Å²) in [5.41, 5.74) is 0. The molecule has 18 heavy (non-hydrogen) atoms. The van der Waals surface area contributed by atoms with Crippen LogP contribution in [-0.2, 0) is 20.1 Å². The van der Waals surface area contributed by atoms with Gasteiger partial charge in [0.1, 0.15) is 11.6 Å². The fourth-order valence-corrected chi connectivity index (χ4v) is 1.73. The van der Waals surface area contributed by atoms with E-state index in [0.29, 0.717) is 0 Å². The van der Waals surface area contributed by atoms with E-state index in [1.54, 1.807) is 37.2 Å². The molecule has 1 aliphatic heterocycles. The first-order valence-corrected chi connectivity index (χ1v) is 5.34.